The molecule has 70 heavy (non-hydrogen) atoms. The van der Waals surface area contributed by atoms with E-state index in [9.17, 15) is 69.6 Å². The first-order valence-corrected chi connectivity index (χ1v) is 23.4. The van der Waals surface area contributed by atoms with Crippen LogP contribution >= 0.6 is 11.8 Å². The monoisotopic (exact) mass is 1020 g/mol. The van der Waals surface area contributed by atoms with Crippen LogP contribution in [0.1, 0.15) is 31.2 Å². The van der Waals surface area contributed by atoms with Crippen molar-refractivity contribution in [2.45, 2.75) is 119 Å². The van der Waals surface area contributed by atoms with Crippen molar-refractivity contribution in [1.82, 2.24) is 40.6 Å². The van der Waals surface area contributed by atoms with Crippen molar-refractivity contribution in [1.29, 1.82) is 0 Å². The molecular formula is C40H62N8O21S. The highest BCUT2D eigenvalue weighted by molar-refractivity contribution is 7.98. The number of hydrogen-bond acceptors (Lipinski definition) is 24. The number of ether oxygens (including phenoxy) is 6. The molecule has 14 atom stereocenters. The number of Topliss-reactive ketones (excluding diaryl/α,β-unsaturated/α-hetero) is 2. The quantitative estimate of drug-likeness (QED) is 0.0304. The van der Waals surface area contributed by atoms with Crippen LogP contribution in [-0.2, 0) is 83.1 Å². The van der Waals surface area contributed by atoms with Crippen LogP contribution in [0.3, 0.4) is 0 Å². The summed E-state index contributed by atoms with van der Waals surface area (Å²) >= 11 is 1.24. The lowest BCUT2D eigenvalue weighted by molar-refractivity contribution is -0.295. The molecule has 0 radical (unpaired) electrons. The van der Waals surface area contributed by atoms with Gasteiger partial charge in [-0.2, -0.15) is 11.8 Å². The van der Waals surface area contributed by atoms with Crippen molar-refractivity contribution in [2.24, 2.45) is 11.8 Å². The molecule has 2 aliphatic heterocycles. The number of carboxylic acid groups (broad SMARTS) is 3. The minimum atomic E-state index is -1.86. The van der Waals surface area contributed by atoms with Gasteiger partial charge in [-0.3, -0.25) is 19.2 Å². The van der Waals surface area contributed by atoms with E-state index in [0.29, 0.717) is 5.69 Å². The maximum atomic E-state index is 13.6. The van der Waals surface area contributed by atoms with E-state index in [0.717, 1.165) is 0 Å². The molecule has 0 aromatic carbocycles. The van der Waals surface area contributed by atoms with Gasteiger partial charge in [-0.25, -0.2) is 19.0 Å². The summed E-state index contributed by atoms with van der Waals surface area (Å²) < 4.78 is 34.5. The number of nitrogens with zero attached hydrogens (tertiary/aromatic N) is 6. The second-order valence-corrected chi connectivity index (χ2v) is 17.3. The third-order valence-electron chi connectivity index (χ3n) is 11.1. The Morgan fingerprint density at radius 2 is 1.13 bits per heavy atom. The number of thioether (sulfide) groups is 1. The number of rotatable bonds is 32. The zero-order valence-electron chi connectivity index (χ0n) is 38.4. The van der Waals surface area contributed by atoms with Crippen molar-refractivity contribution >= 4 is 47.1 Å². The van der Waals surface area contributed by atoms with Gasteiger partial charge in [0.1, 0.15) is 36.6 Å². The van der Waals surface area contributed by atoms with E-state index in [1.54, 1.807) is 19.5 Å². The molecule has 1 amide bonds. The molecule has 2 aromatic rings. The molecule has 2 saturated heterocycles. The van der Waals surface area contributed by atoms with Gasteiger partial charge < -0.3 is 85.0 Å². The number of hydrogen-bond donors (Lipinski definition) is 11. The first kappa shape index (κ1) is 57.9. The van der Waals surface area contributed by atoms with Gasteiger partial charge in [0.25, 0.3) is 0 Å². The van der Waals surface area contributed by atoms with Crippen molar-refractivity contribution in [2.75, 3.05) is 58.7 Å². The molecule has 4 heterocycles. The summed E-state index contributed by atoms with van der Waals surface area (Å²) in [6.45, 7) is 1.65. The Kier molecular flexibility index (Phi) is 23.5. The molecule has 0 saturated carbocycles. The van der Waals surface area contributed by atoms with Crippen LogP contribution in [0.25, 0.3) is 0 Å². The van der Waals surface area contributed by atoms with Crippen molar-refractivity contribution < 1.29 is 103 Å². The average Bonchev–Trinajstić information content (AvgIpc) is 3.98. The highest BCUT2D eigenvalue weighted by Crippen LogP contribution is 2.24. The fraction of sp³-hybridized carbons (Fsp3) is 0.750. The van der Waals surface area contributed by atoms with Crippen LogP contribution in [0.4, 0.5) is 0 Å². The first-order chi connectivity index (χ1) is 33.2. The summed E-state index contributed by atoms with van der Waals surface area (Å²) in [5.41, 5.74) is 0.712. The van der Waals surface area contributed by atoms with E-state index < -0.39 is 121 Å². The Labute approximate surface area is 403 Å². The Balaban J connectivity index is 1.24. The van der Waals surface area contributed by atoms with Gasteiger partial charge in [-0.1, -0.05) is 17.4 Å². The minimum absolute atomic E-state index is 0.0185. The first-order valence-electron chi connectivity index (χ1n) is 22.0. The van der Waals surface area contributed by atoms with Gasteiger partial charge in [0.15, 0.2) is 36.4 Å². The molecule has 0 aliphatic carbocycles. The molecule has 2 aliphatic rings. The summed E-state index contributed by atoms with van der Waals surface area (Å²) in [6, 6.07) is -2.01. The Morgan fingerprint density at radius 1 is 0.671 bits per heavy atom. The molecular weight excluding hydrogens is 961 g/mol. The number of carbonyl (C=O) groups is 6. The molecule has 6 unspecified atom stereocenters. The van der Waals surface area contributed by atoms with Gasteiger partial charge in [0, 0.05) is 49.7 Å². The standard InChI is InChI=1S/C40H62N8O21S/c1-19(12-25(49)23(41-2)14-21-16-47(45-43-21)4-6-64-8-10-66-39-31(55)27(51)29(53)33(68-39)37(60)61)35(57)42-24(26(50)13-20(18-70-3)36(58)59)15-22-17-48(46-44-22)5-7-65-9-11-67-40-32(56)28(52)30(54)34(69-40)38(62)63/h16-17,19-20,23-24,27-34,39-41,51-56H,4-15,18H2,1-3H3,(H,42,57)(H,58,59)(H,60,61)(H,62,63)/t19-,20+,23+,24+,27+,28+,29?,30?,31+,32+,33?,34?,39?,40?/m1/s1. The molecule has 2 fully saturated rings. The summed E-state index contributed by atoms with van der Waals surface area (Å²) in [6.07, 6.45) is -13.3. The predicted octanol–water partition coefficient (Wildman–Crippen LogP) is -5.80. The summed E-state index contributed by atoms with van der Waals surface area (Å²) in [5.74, 6) is -7.66. The van der Waals surface area contributed by atoms with Gasteiger partial charge in [0.2, 0.25) is 5.91 Å². The van der Waals surface area contributed by atoms with Crippen molar-refractivity contribution in [3.8, 4) is 0 Å². The number of aliphatic carboxylic acids is 3. The van der Waals surface area contributed by atoms with E-state index in [1.165, 1.54) is 34.2 Å². The normalized spacial score (nSPS) is 26.5. The van der Waals surface area contributed by atoms with E-state index >= 15 is 0 Å². The van der Waals surface area contributed by atoms with Crippen molar-refractivity contribution in [3.05, 3.63) is 23.8 Å². The van der Waals surface area contributed by atoms with Gasteiger partial charge in [-0.15, -0.1) is 10.2 Å². The lowest BCUT2D eigenvalue weighted by Crippen LogP contribution is -2.60. The summed E-state index contributed by atoms with van der Waals surface area (Å²) in [7, 11) is 1.56. The lowest BCUT2D eigenvalue weighted by Gasteiger charge is -2.38. The van der Waals surface area contributed by atoms with Crippen LogP contribution in [0.5, 0.6) is 0 Å². The fourth-order valence-corrected chi connectivity index (χ4v) is 7.79. The Morgan fingerprint density at radius 3 is 1.56 bits per heavy atom. The average molecular weight is 1020 g/mol. The molecule has 4 rings (SSSR count). The number of carboxylic acids is 3. The van der Waals surface area contributed by atoms with Gasteiger partial charge in [0.05, 0.1) is 82.1 Å². The molecule has 0 bridgehead atoms. The summed E-state index contributed by atoms with van der Waals surface area (Å²) in [4.78, 5) is 75.1. The number of nitrogens with one attached hydrogen (secondary N) is 2. The third kappa shape index (κ3) is 17.0. The molecule has 2 aromatic heterocycles. The predicted molar refractivity (Wildman–Crippen MR) is 232 cm³/mol. The highest BCUT2D eigenvalue weighted by Gasteiger charge is 2.48. The van der Waals surface area contributed by atoms with E-state index in [1.807, 2.05) is 0 Å². The Bertz CT molecular complexity index is 2010. The Hall–Kier alpha value is -4.67. The zero-order valence-corrected chi connectivity index (χ0v) is 39.3. The molecule has 0 spiro atoms. The second kappa shape index (κ2) is 28.4. The van der Waals surface area contributed by atoms with Crippen LogP contribution in [0.15, 0.2) is 12.4 Å². The smallest absolute Gasteiger partial charge is 0.335 e. The number of aromatic nitrogens is 6. The molecule has 29 nitrogen and oxygen atoms in total. The van der Waals surface area contributed by atoms with Gasteiger partial charge >= 0.3 is 17.9 Å². The number of carbonyl (C=O) groups excluding carboxylic acids is 3. The number of ketones is 2. The van der Waals surface area contributed by atoms with E-state index in [2.05, 4.69) is 31.3 Å². The fourth-order valence-electron chi connectivity index (χ4n) is 7.12. The molecule has 394 valence electrons. The lowest BCUT2D eigenvalue weighted by atomic mass is 9.94. The second-order valence-electron chi connectivity index (χ2n) is 16.4. The van der Waals surface area contributed by atoms with Gasteiger partial charge in [-0.05, 0) is 13.3 Å². The summed E-state index contributed by atoms with van der Waals surface area (Å²) in [5, 5.41) is 110. The number of aliphatic hydroxyl groups excluding tert-OH is 6. The maximum Gasteiger partial charge on any atom is 0.335 e. The third-order valence-corrected chi connectivity index (χ3v) is 11.9. The number of likely N-dealkylation sites (N-methyl/N-ethyl adjacent to an activating group) is 1. The van der Waals surface area contributed by atoms with E-state index in [-0.39, 0.29) is 89.2 Å². The SMILES string of the molecule is CN[C@@H](Cc1cn(CCOCCOC2OC(C(=O)O)C(O)[C@H](O)[C@@H]2O)nn1)C(=O)C[C@@H](C)C(=O)N[C@@H](Cc1cn(CCOCCOC2OC(C(=O)O)C(O)[C@H](O)[C@@H]2O)nn1)C(=O)C[C@@H](CSC)C(=O)O. The van der Waals surface area contributed by atoms with Crippen LogP contribution < -0.4 is 10.6 Å². The highest BCUT2D eigenvalue weighted by atomic mass is 32.2. The molecule has 11 N–H and O–H groups in total. The number of amides is 1. The van der Waals surface area contributed by atoms with Crippen molar-refractivity contribution in [3.63, 3.8) is 0 Å². The van der Waals surface area contributed by atoms with Crippen LogP contribution in [-0.4, -0.2) is 244 Å². The van der Waals surface area contributed by atoms with Crippen LogP contribution in [0, 0.1) is 11.8 Å². The van der Waals surface area contributed by atoms with Crippen LogP contribution in [0.2, 0.25) is 0 Å². The minimum Gasteiger partial charge on any atom is -0.481 e. The molecule has 30 heteroatoms. The topological polar surface area (TPSA) is 425 Å². The zero-order chi connectivity index (χ0) is 51.7. The van der Waals surface area contributed by atoms with E-state index in [4.69, 9.17) is 33.5 Å². The number of aliphatic hydroxyl groups is 6. The largest absolute Gasteiger partial charge is 0.481 e. The maximum absolute atomic E-state index is 13.6.